The third kappa shape index (κ3) is 15.5. The molecule has 0 radical (unpaired) electrons. The van der Waals surface area contributed by atoms with Crippen molar-refractivity contribution in [2.75, 3.05) is 6.61 Å². The van der Waals surface area contributed by atoms with Gasteiger partial charge in [-0.05, 0) is 19.3 Å². The average Bonchev–Trinajstić information content (AvgIpc) is 2.47. The van der Waals surface area contributed by atoms with Crippen LogP contribution in [-0.4, -0.2) is 17.8 Å². The second kappa shape index (κ2) is 16.5. The SMILES string of the molecule is CCCCCCCCCCC/C=C/C=C/C[C@@H](N)CO. The molecular formula is C18H35NO. The lowest BCUT2D eigenvalue weighted by atomic mass is 10.1. The van der Waals surface area contributed by atoms with Crippen molar-refractivity contribution in [3.05, 3.63) is 24.3 Å². The Bertz CT molecular complexity index is 236. The summed E-state index contributed by atoms with van der Waals surface area (Å²) in [6, 6.07) is -0.114. The summed E-state index contributed by atoms with van der Waals surface area (Å²) < 4.78 is 0. The number of allylic oxidation sites excluding steroid dienone is 3. The number of aliphatic hydroxyl groups excluding tert-OH is 1. The quantitative estimate of drug-likeness (QED) is 0.357. The molecule has 0 amide bonds. The summed E-state index contributed by atoms with van der Waals surface area (Å²) in [6.45, 7) is 2.33. The number of aliphatic hydroxyl groups is 1. The zero-order chi connectivity index (χ0) is 14.9. The number of unbranched alkanes of at least 4 members (excludes halogenated alkanes) is 9. The molecule has 0 aliphatic carbocycles. The van der Waals surface area contributed by atoms with Crippen molar-refractivity contribution < 1.29 is 5.11 Å². The van der Waals surface area contributed by atoms with Crippen LogP contribution in [0.1, 0.15) is 77.6 Å². The first-order valence-corrected chi connectivity index (χ1v) is 8.49. The minimum atomic E-state index is -0.114. The highest BCUT2D eigenvalue weighted by molar-refractivity contribution is 5.03. The Morgan fingerprint density at radius 2 is 1.40 bits per heavy atom. The van der Waals surface area contributed by atoms with E-state index in [1.807, 2.05) is 12.2 Å². The van der Waals surface area contributed by atoms with Crippen molar-refractivity contribution in [3.63, 3.8) is 0 Å². The Balaban J connectivity index is 3.19. The number of hydrogen-bond donors (Lipinski definition) is 2. The van der Waals surface area contributed by atoms with Gasteiger partial charge in [0.1, 0.15) is 0 Å². The van der Waals surface area contributed by atoms with Crippen molar-refractivity contribution in [3.8, 4) is 0 Å². The van der Waals surface area contributed by atoms with Gasteiger partial charge in [-0.15, -0.1) is 0 Å². The van der Waals surface area contributed by atoms with Gasteiger partial charge in [0.2, 0.25) is 0 Å². The van der Waals surface area contributed by atoms with Crippen molar-refractivity contribution in [2.45, 2.75) is 83.6 Å². The van der Waals surface area contributed by atoms with Crippen LogP contribution in [0.25, 0.3) is 0 Å². The van der Waals surface area contributed by atoms with Crippen LogP contribution < -0.4 is 5.73 Å². The zero-order valence-corrected chi connectivity index (χ0v) is 13.4. The van der Waals surface area contributed by atoms with Gasteiger partial charge in [-0.3, -0.25) is 0 Å². The Morgan fingerprint density at radius 1 is 0.850 bits per heavy atom. The Hall–Kier alpha value is -0.600. The summed E-state index contributed by atoms with van der Waals surface area (Å²) >= 11 is 0. The molecule has 0 unspecified atom stereocenters. The molecule has 118 valence electrons. The van der Waals surface area contributed by atoms with E-state index in [-0.39, 0.29) is 12.6 Å². The maximum atomic E-state index is 8.76. The van der Waals surface area contributed by atoms with Crippen LogP contribution in [-0.2, 0) is 0 Å². The Labute approximate surface area is 126 Å². The van der Waals surface area contributed by atoms with E-state index in [0.29, 0.717) is 0 Å². The average molecular weight is 281 g/mol. The van der Waals surface area contributed by atoms with E-state index in [1.165, 1.54) is 64.2 Å². The Kier molecular flexibility index (Phi) is 16.0. The predicted octanol–water partition coefficient (Wildman–Crippen LogP) is 4.73. The van der Waals surface area contributed by atoms with Crippen LogP contribution in [0.4, 0.5) is 0 Å². The molecule has 0 rings (SSSR count). The van der Waals surface area contributed by atoms with Gasteiger partial charge >= 0.3 is 0 Å². The third-order valence-electron chi connectivity index (χ3n) is 3.53. The zero-order valence-electron chi connectivity index (χ0n) is 13.4. The summed E-state index contributed by atoms with van der Waals surface area (Å²) in [5.74, 6) is 0. The molecule has 1 atom stereocenters. The van der Waals surface area contributed by atoms with Crippen molar-refractivity contribution in [1.29, 1.82) is 0 Å². The van der Waals surface area contributed by atoms with Gasteiger partial charge in [-0.2, -0.15) is 0 Å². The molecular weight excluding hydrogens is 246 g/mol. The van der Waals surface area contributed by atoms with E-state index in [1.54, 1.807) is 0 Å². The summed E-state index contributed by atoms with van der Waals surface area (Å²) in [5.41, 5.74) is 5.59. The lowest BCUT2D eigenvalue weighted by Gasteiger charge is -2.01. The van der Waals surface area contributed by atoms with E-state index in [0.717, 1.165) is 6.42 Å². The first-order chi connectivity index (χ1) is 9.81. The van der Waals surface area contributed by atoms with Crippen molar-refractivity contribution in [1.82, 2.24) is 0 Å². The van der Waals surface area contributed by atoms with Gasteiger partial charge in [-0.1, -0.05) is 82.6 Å². The molecule has 0 bridgehead atoms. The van der Waals surface area contributed by atoms with Gasteiger partial charge in [-0.25, -0.2) is 0 Å². The van der Waals surface area contributed by atoms with Crippen LogP contribution in [0.3, 0.4) is 0 Å². The van der Waals surface area contributed by atoms with Gasteiger partial charge < -0.3 is 10.8 Å². The molecule has 20 heavy (non-hydrogen) atoms. The van der Waals surface area contributed by atoms with Gasteiger partial charge in [0.15, 0.2) is 0 Å². The van der Waals surface area contributed by atoms with E-state index in [9.17, 15) is 0 Å². The highest BCUT2D eigenvalue weighted by Crippen LogP contribution is 2.10. The summed E-state index contributed by atoms with van der Waals surface area (Å²) in [7, 11) is 0. The molecule has 3 N–H and O–H groups in total. The molecule has 0 aromatic rings. The van der Waals surface area contributed by atoms with Crippen LogP contribution >= 0.6 is 0 Å². The molecule has 2 nitrogen and oxygen atoms in total. The van der Waals surface area contributed by atoms with E-state index < -0.39 is 0 Å². The maximum Gasteiger partial charge on any atom is 0.0585 e. The molecule has 0 aliphatic rings. The number of nitrogens with two attached hydrogens (primary N) is 1. The second-order valence-electron chi connectivity index (χ2n) is 5.65. The minimum absolute atomic E-state index is 0.0620. The highest BCUT2D eigenvalue weighted by atomic mass is 16.3. The topological polar surface area (TPSA) is 46.2 Å². The Morgan fingerprint density at radius 3 is 2.00 bits per heavy atom. The monoisotopic (exact) mass is 281 g/mol. The summed E-state index contributed by atoms with van der Waals surface area (Å²) in [4.78, 5) is 0. The molecule has 0 aromatic carbocycles. The third-order valence-corrected chi connectivity index (χ3v) is 3.53. The predicted molar refractivity (Wildman–Crippen MR) is 89.8 cm³/mol. The molecule has 0 spiro atoms. The fourth-order valence-electron chi connectivity index (χ4n) is 2.15. The summed E-state index contributed by atoms with van der Waals surface area (Å²) in [5, 5.41) is 8.76. The van der Waals surface area contributed by atoms with Crippen molar-refractivity contribution in [2.24, 2.45) is 5.73 Å². The molecule has 2 heteroatoms. The number of rotatable bonds is 14. The lowest BCUT2D eigenvalue weighted by molar-refractivity contribution is 0.266. The number of hydrogen-bond acceptors (Lipinski definition) is 2. The fraction of sp³-hybridized carbons (Fsp3) is 0.778. The molecule has 0 saturated heterocycles. The largest absolute Gasteiger partial charge is 0.395 e. The van der Waals surface area contributed by atoms with E-state index >= 15 is 0 Å². The molecule has 0 saturated carbocycles. The normalized spacial score (nSPS) is 13.6. The first kappa shape index (κ1) is 19.4. The lowest BCUT2D eigenvalue weighted by Crippen LogP contribution is -2.22. The van der Waals surface area contributed by atoms with Gasteiger partial charge in [0, 0.05) is 6.04 Å². The van der Waals surface area contributed by atoms with Gasteiger partial charge in [0.25, 0.3) is 0 Å². The first-order valence-electron chi connectivity index (χ1n) is 8.49. The van der Waals surface area contributed by atoms with Crippen LogP contribution in [0.15, 0.2) is 24.3 Å². The molecule has 0 heterocycles. The standard InChI is InChI=1S/C18H35NO/c1-2-3-4-5-6-7-8-9-10-11-12-13-14-15-16-18(19)17-20/h12-15,18,20H,2-11,16-17,19H2,1H3/b13-12+,15-14+/t18-/m1/s1. The van der Waals surface area contributed by atoms with E-state index in [2.05, 4.69) is 19.1 Å². The maximum absolute atomic E-state index is 8.76. The second-order valence-corrected chi connectivity index (χ2v) is 5.65. The fourth-order valence-corrected chi connectivity index (χ4v) is 2.15. The van der Waals surface area contributed by atoms with Crippen LogP contribution in [0.5, 0.6) is 0 Å². The highest BCUT2D eigenvalue weighted by Gasteiger charge is 1.93. The molecule has 0 aromatic heterocycles. The van der Waals surface area contributed by atoms with E-state index in [4.69, 9.17) is 10.8 Å². The van der Waals surface area contributed by atoms with Gasteiger partial charge in [0.05, 0.1) is 6.61 Å². The van der Waals surface area contributed by atoms with Crippen LogP contribution in [0.2, 0.25) is 0 Å². The molecule has 0 aliphatic heterocycles. The minimum Gasteiger partial charge on any atom is -0.395 e. The van der Waals surface area contributed by atoms with Crippen LogP contribution in [0, 0.1) is 0 Å². The molecule has 0 fully saturated rings. The van der Waals surface area contributed by atoms with Crippen molar-refractivity contribution >= 4 is 0 Å². The smallest absolute Gasteiger partial charge is 0.0585 e. The summed E-state index contributed by atoms with van der Waals surface area (Å²) in [6.07, 6.45) is 22.8.